The lowest BCUT2D eigenvalue weighted by Crippen LogP contribution is -2.32. The molecule has 0 bridgehead atoms. The molecule has 2 amide bonds. The third-order valence-corrected chi connectivity index (χ3v) is 3.93. The van der Waals surface area contributed by atoms with Gasteiger partial charge in [-0.1, -0.05) is 18.2 Å². The number of rotatable bonds is 4. The van der Waals surface area contributed by atoms with E-state index < -0.39 is 0 Å². The van der Waals surface area contributed by atoms with E-state index in [4.69, 9.17) is 0 Å². The first-order chi connectivity index (χ1) is 12.0. The van der Waals surface area contributed by atoms with Gasteiger partial charge >= 0.3 is 6.03 Å². The maximum absolute atomic E-state index is 12.3. The molecule has 3 aromatic rings. The fraction of sp³-hybridized carbons (Fsp3) is 0.211. The zero-order valence-electron chi connectivity index (χ0n) is 14.5. The van der Waals surface area contributed by atoms with E-state index in [2.05, 4.69) is 20.6 Å². The van der Waals surface area contributed by atoms with Crippen molar-refractivity contribution in [2.75, 3.05) is 5.32 Å². The smallest absolute Gasteiger partial charge is 0.319 e. The van der Waals surface area contributed by atoms with Crippen molar-refractivity contribution in [2.45, 2.75) is 26.8 Å². The van der Waals surface area contributed by atoms with Gasteiger partial charge in [-0.05, 0) is 44.5 Å². The number of benzene rings is 1. The molecule has 0 aliphatic heterocycles. The summed E-state index contributed by atoms with van der Waals surface area (Å²) < 4.78 is 1.97. The van der Waals surface area contributed by atoms with E-state index in [1.54, 1.807) is 12.4 Å². The number of pyridine rings is 1. The van der Waals surface area contributed by atoms with E-state index in [-0.39, 0.29) is 12.1 Å². The highest BCUT2D eigenvalue weighted by Gasteiger charge is 2.16. The van der Waals surface area contributed by atoms with Gasteiger partial charge in [0.2, 0.25) is 0 Å². The highest BCUT2D eigenvalue weighted by molar-refractivity contribution is 5.90. The molecule has 0 spiro atoms. The van der Waals surface area contributed by atoms with Crippen LogP contribution in [0.1, 0.15) is 30.0 Å². The lowest BCUT2D eigenvalue weighted by atomic mass is 10.2. The number of nitrogens with one attached hydrogen (secondary N) is 2. The number of hydrogen-bond donors (Lipinski definition) is 2. The van der Waals surface area contributed by atoms with Crippen molar-refractivity contribution in [3.63, 3.8) is 0 Å². The molecule has 1 aromatic carbocycles. The van der Waals surface area contributed by atoms with E-state index in [9.17, 15) is 4.79 Å². The molecule has 128 valence electrons. The van der Waals surface area contributed by atoms with Crippen LogP contribution in [-0.2, 0) is 0 Å². The van der Waals surface area contributed by atoms with Crippen LogP contribution in [0, 0.1) is 13.8 Å². The maximum Gasteiger partial charge on any atom is 0.319 e. The molecular formula is C19H21N5O. The molecule has 0 aliphatic rings. The minimum absolute atomic E-state index is 0.251. The SMILES string of the molecule is Cc1cc(NC(=O)NC(C)c2nccn2-c2ccccc2)c(C)cn1. The van der Waals surface area contributed by atoms with Gasteiger partial charge in [0, 0.05) is 35.7 Å². The van der Waals surface area contributed by atoms with Crippen LogP contribution in [0.25, 0.3) is 5.69 Å². The number of carbonyl (C=O) groups excluding carboxylic acids is 1. The van der Waals surface area contributed by atoms with Gasteiger partial charge in [-0.25, -0.2) is 9.78 Å². The van der Waals surface area contributed by atoms with Gasteiger partial charge in [0.05, 0.1) is 6.04 Å². The van der Waals surface area contributed by atoms with Crippen molar-refractivity contribution < 1.29 is 4.79 Å². The Morgan fingerprint density at radius 3 is 2.68 bits per heavy atom. The van der Waals surface area contributed by atoms with Gasteiger partial charge in [0.1, 0.15) is 5.82 Å². The molecule has 1 atom stereocenters. The molecule has 0 fully saturated rings. The Bertz CT molecular complexity index is 873. The third-order valence-electron chi connectivity index (χ3n) is 3.93. The predicted octanol–water partition coefficient (Wildman–Crippen LogP) is 3.77. The molecule has 6 heteroatoms. The molecule has 0 aliphatic carbocycles. The monoisotopic (exact) mass is 335 g/mol. The Morgan fingerprint density at radius 1 is 1.16 bits per heavy atom. The minimum Gasteiger partial charge on any atom is -0.328 e. The summed E-state index contributed by atoms with van der Waals surface area (Å²) in [5, 5.41) is 5.81. The van der Waals surface area contributed by atoms with Crippen LogP contribution in [0.5, 0.6) is 0 Å². The first-order valence-corrected chi connectivity index (χ1v) is 8.14. The van der Waals surface area contributed by atoms with Gasteiger partial charge in [-0.2, -0.15) is 0 Å². The lowest BCUT2D eigenvalue weighted by molar-refractivity contribution is 0.249. The van der Waals surface area contributed by atoms with Crippen molar-refractivity contribution >= 4 is 11.7 Å². The first kappa shape index (κ1) is 16.7. The van der Waals surface area contributed by atoms with Crippen molar-refractivity contribution in [2.24, 2.45) is 0 Å². The number of anilines is 1. The zero-order chi connectivity index (χ0) is 17.8. The first-order valence-electron chi connectivity index (χ1n) is 8.14. The molecule has 1 unspecified atom stereocenters. The van der Waals surface area contributed by atoms with Crippen molar-refractivity contribution in [1.82, 2.24) is 19.9 Å². The van der Waals surface area contributed by atoms with Crippen LogP contribution >= 0.6 is 0 Å². The predicted molar refractivity (Wildman–Crippen MR) is 97.8 cm³/mol. The number of aromatic nitrogens is 3. The molecule has 0 saturated heterocycles. The normalized spacial score (nSPS) is 11.8. The minimum atomic E-state index is -0.274. The van der Waals surface area contributed by atoms with Crippen molar-refractivity contribution in [1.29, 1.82) is 0 Å². The summed E-state index contributed by atoms with van der Waals surface area (Å²) in [5.41, 5.74) is 3.53. The second-order valence-corrected chi connectivity index (χ2v) is 5.95. The number of hydrogen-bond acceptors (Lipinski definition) is 3. The Balaban J connectivity index is 1.73. The van der Waals surface area contributed by atoms with Crippen LogP contribution in [0.3, 0.4) is 0 Å². The molecular weight excluding hydrogens is 314 g/mol. The number of nitrogens with zero attached hydrogens (tertiary/aromatic N) is 3. The van der Waals surface area contributed by atoms with Crippen molar-refractivity contribution in [3.8, 4) is 5.69 Å². The number of imidazole rings is 1. The highest BCUT2D eigenvalue weighted by Crippen LogP contribution is 2.17. The second kappa shape index (κ2) is 7.17. The van der Waals surface area contributed by atoms with E-state index in [1.165, 1.54) is 0 Å². The van der Waals surface area contributed by atoms with Gasteiger partial charge in [-0.3, -0.25) is 4.98 Å². The van der Waals surface area contributed by atoms with Gasteiger partial charge < -0.3 is 15.2 Å². The maximum atomic E-state index is 12.3. The summed E-state index contributed by atoms with van der Waals surface area (Å²) in [4.78, 5) is 21.0. The average Bonchev–Trinajstić information content (AvgIpc) is 3.09. The van der Waals surface area contributed by atoms with E-state index in [0.29, 0.717) is 0 Å². The molecule has 6 nitrogen and oxygen atoms in total. The van der Waals surface area contributed by atoms with Gasteiger partial charge in [0.25, 0.3) is 0 Å². The molecule has 2 heterocycles. The number of carbonyl (C=O) groups is 1. The highest BCUT2D eigenvalue weighted by atomic mass is 16.2. The largest absolute Gasteiger partial charge is 0.328 e. The number of amides is 2. The van der Waals surface area contributed by atoms with E-state index in [0.717, 1.165) is 28.5 Å². The van der Waals surface area contributed by atoms with Gasteiger partial charge in [0.15, 0.2) is 0 Å². The quantitative estimate of drug-likeness (QED) is 0.762. The fourth-order valence-corrected chi connectivity index (χ4v) is 2.62. The van der Waals surface area contributed by atoms with Crippen molar-refractivity contribution in [3.05, 3.63) is 72.1 Å². The van der Waals surface area contributed by atoms with E-state index >= 15 is 0 Å². The molecule has 3 rings (SSSR count). The molecule has 0 saturated carbocycles. The fourth-order valence-electron chi connectivity index (χ4n) is 2.62. The van der Waals surface area contributed by atoms with Crippen LogP contribution < -0.4 is 10.6 Å². The Kier molecular flexibility index (Phi) is 4.79. The topological polar surface area (TPSA) is 71.8 Å². The number of para-hydroxylation sites is 1. The second-order valence-electron chi connectivity index (χ2n) is 5.95. The Hall–Kier alpha value is -3.15. The molecule has 2 aromatic heterocycles. The summed E-state index contributed by atoms with van der Waals surface area (Å²) in [6.07, 6.45) is 5.36. The summed E-state index contributed by atoms with van der Waals surface area (Å²) >= 11 is 0. The summed E-state index contributed by atoms with van der Waals surface area (Å²) in [6, 6.07) is 11.2. The van der Waals surface area contributed by atoms with E-state index in [1.807, 2.05) is 67.9 Å². The van der Waals surface area contributed by atoms with Gasteiger partial charge in [-0.15, -0.1) is 0 Å². The molecule has 2 N–H and O–H groups in total. The zero-order valence-corrected chi connectivity index (χ0v) is 14.5. The van der Waals surface area contributed by atoms with Crippen LogP contribution in [0.15, 0.2) is 55.0 Å². The van der Waals surface area contributed by atoms with Crippen LogP contribution in [-0.4, -0.2) is 20.6 Å². The number of urea groups is 1. The van der Waals surface area contributed by atoms with Crippen LogP contribution in [0.4, 0.5) is 10.5 Å². The lowest BCUT2D eigenvalue weighted by Gasteiger charge is -2.17. The summed E-state index contributed by atoms with van der Waals surface area (Å²) in [6.45, 7) is 5.71. The number of aryl methyl sites for hydroxylation is 2. The Morgan fingerprint density at radius 2 is 1.92 bits per heavy atom. The average molecular weight is 335 g/mol. The Labute approximate surface area is 146 Å². The summed E-state index contributed by atoms with van der Waals surface area (Å²) in [5.74, 6) is 0.768. The van der Waals surface area contributed by atoms with Crippen LogP contribution in [0.2, 0.25) is 0 Å². The standard InChI is InChI=1S/C19H21N5O/c1-13-12-21-14(2)11-17(13)23-19(25)22-15(3)18-20-9-10-24(18)16-7-5-4-6-8-16/h4-12,15H,1-3H3,(H2,21,22,23,25). The summed E-state index contributed by atoms with van der Waals surface area (Å²) in [7, 11) is 0. The molecule has 0 radical (unpaired) electrons. The molecule has 25 heavy (non-hydrogen) atoms. The third kappa shape index (κ3) is 3.85.